The maximum atomic E-state index is 14.4. The van der Waals surface area contributed by atoms with Gasteiger partial charge < -0.3 is 10.2 Å². The Labute approximate surface area is 202 Å². The molecule has 2 aromatic carbocycles. The lowest BCUT2D eigenvalue weighted by Gasteiger charge is -2.32. The van der Waals surface area contributed by atoms with Crippen LogP contribution in [-0.2, 0) is 32.6 Å². The quantitative estimate of drug-likeness (QED) is 0.521. The van der Waals surface area contributed by atoms with Crippen LogP contribution in [0.15, 0.2) is 48.5 Å². The van der Waals surface area contributed by atoms with E-state index in [0.717, 1.165) is 22.5 Å². The molecule has 2 atom stereocenters. The van der Waals surface area contributed by atoms with Gasteiger partial charge in [-0.15, -0.1) is 0 Å². The van der Waals surface area contributed by atoms with Gasteiger partial charge in [-0.1, -0.05) is 44.2 Å². The van der Waals surface area contributed by atoms with E-state index in [4.69, 9.17) is 0 Å². The summed E-state index contributed by atoms with van der Waals surface area (Å²) in [5.74, 6) is -1.51. The molecule has 0 spiro atoms. The van der Waals surface area contributed by atoms with Crippen LogP contribution in [0.1, 0.15) is 45.2 Å². The summed E-state index contributed by atoms with van der Waals surface area (Å²) in [4.78, 5) is 27.5. The van der Waals surface area contributed by atoms with E-state index in [0.29, 0.717) is 12.1 Å². The average Bonchev–Trinajstić information content (AvgIpc) is 2.80. The molecule has 0 bridgehead atoms. The fraction of sp³-hybridized carbons (Fsp3) is 0.440. The number of nitrogens with zero attached hydrogens (tertiary/aromatic N) is 2. The highest BCUT2D eigenvalue weighted by molar-refractivity contribution is 7.92. The van der Waals surface area contributed by atoms with E-state index in [1.165, 1.54) is 23.1 Å². The van der Waals surface area contributed by atoms with Crippen LogP contribution in [-0.4, -0.2) is 50.0 Å². The SMILES string of the molecule is CCc1ccc(N(CC(=O)N(Cc2ccccc2F)[C@@H](C)C(=O)N[C@@H](C)CC)S(C)(=O)=O)cc1. The standard InChI is InChI=1S/C25H34FN3O4S/c1-6-18(3)27-25(31)19(4)28(16-21-10-8-9-11-23(21)26)24(30)17-29(34(5,32)33)22-14-12-20(7-2)13-15-22/h8-15,18-19H,6-7,16-17H2,1-5H3,(H,27,31)/t18-,19-/m0/s1. The maximum absolute atomic E-state index is 14.4. The van der Waals surface area contributed by atoms with Crippen molar-refractivity contribution in [3.8, 4) is 0 Å². The van der Waals surface area contributed by atoms with Gasteiger partial charge in [0, 0.05) is 18.2 Å². The fourth-order valence-electron chi connectivity index (χ4n) is 3.37. The summed E-state index contributed by atoms with van der Waals surface area (Å²) in [6.07, 6.45) is 2.51. The number of carbonyl (C=O) groups is 2. The molecule has 0 aliphatic heterocycles. The number of hydrogen-bond acceptors (Lipinski definition) is 4. The molecule has 0 radical (unpaired) electrons. The van der Waals surface area contributed by atoms with E-state index < -0.39 is 40.2 Å². The smallest absolute Gasteiger partial charge is 0.244 e. The first-order valence-corrected chi connectivity index (χ1v) is 13.2. The lowest BCUT2D eigenvalue weighted by Crippen LogP contribution is -2.52. The Bertz CT molecular complexity index is 1090. The van der Waals surface area contributed by atoms with Crippen molar-refractivity contribution in [3.63, 3.8) is 0 Å². The highest BCUT2D eigenvalue weighted by Gasteiger charge is 2.30. The zero-order valence-electron chi connectivity index (χ0n) is 20.4. The highest BCUT2D eigenvalue weighted by atomic mass is 32.2. The predicted octanol–water partition coefficient (Wildman–Crippen LogP) is 3.49. The minimum atomic E-state index is -3.80. The Morgan fingerprint density at radius 3 is 2.18 bits per heavy atom. The molecule has 0 aromatic heterocycles. The first-order chi connectivity index (χ1) is 16.0. The van der Waals surface area contributed by atoms with Crippen molar-refractivity contribution in [1.82, 2.24) is 10.2 Å². The summed E-state index contributed by atoms with van der Waals surface area (Å²) in [5, 5.41) is 2.83. The van der Waals surface area contributed by atoms with Crippen molar-refractivity contribution in [1.29, 1.82) is 0 Å². The number of anilines is 1. The summed E-state index contributed by atoms with van der Waals surface area (Å²) in [5.41, 5.74) is 1.60. The molecule has 186 valence electrons. The minimum absolute atomic E-state index is 0.107. The number of carbonyl (C=O) groups excluding carboxylic acids is 2. The summed E-state index contributed by atoms with van der Waals surface area (Å²) < 4.78 is 40.5. The summed E-state index contributed by atoms with van der Waals surface area (Å²) in [7, 11) is -3.80. The Morgan fingerprint density at radius 1 is 1.03 bits per heavy atom. The second-order valence-corrected chi connectivity index (χ2v) is 10.3. The molecule has 0 unspecified atom stereocenters. The van der Waals surface area contributed by atoms with Crippen LogP contribution in [0.25, 0.3) is 0 Å². The third kappa shape index (κ3) is 7.28. The molecule has 0 saturated carbocycles. The van der Waals surface area contributed by atoms with Gasteiger partial charge in [0.1, 0.15) is 18.4 Å². The van der Waals surface area contributed by atoms with Crippen molar-refractivity contribution in [2.45, 2.75) is 59.2 Å². The second kappa shape index (κ2) is 12.0. The zero-order chi connectivity index (χ0) is 25.5. The maximum Gasteiger partial charge on any atom is 0.244 e. The Morgan fingerprint density at radius 2 is 1.65 bits per heavy atom. The van der Waals surface area contributed by atoms with Crippen molar-refractivity contribution < 1.29 is 22.4 Å². The topological polar surface area (TPSA) is 86.8 Å². The van der Waals surface area contributed by atoms with Gasteiger partial charge >= 0.3 is 0 Å². The lowest BCUT2D eigenvalue weighted by atomic mass is 10.1. The lowest BCUT2D eigenvalue weighted by molar-refractivity contribution is -0.139. The highest BCUT2D eigenvalue weighted by Crippen LogP contribution is 2.20. The third-order valence-electron chi connectivity index (χ3n) is 5.78. The number of nitrogens with one attached hydrogen (secondary N) is 1. The van der Waals surface area contributed by atoms with Gasteiger partial charge in [-0.05, 0) is 50.5 Å². The van der Waals surface area contributed by atoms with Crippen LogP contribution in [0.2, 0.25) is 0 Å². The van der Waals surface area contributed by atoms with Gasteiger partial charge in [-0.2, -0.15) is 0 Å². The number of benzene rings is 2. The molecule has 0 aliphatic carbocycles. The Kier molecular flexibility index (Phi) is 9.61. The first kappa shape index (κ1) is 27.3. The minimum Gasteiger partial charge on any atom is -0.352 e. The van der Waals surface area contributed by atoms with Crippen LogP contribution in [0.4, 0.5) is 10.1 Å². The monoisotopic (exact) mass is 491 g/mol. The van der Waals surface area contributed by atoms with Crippen LogP contribution in [0, 0.1) is 5.82 Å². The van der Waals surface area contributed by atoms with E-state index in [-0.39, 0.29) is 18.2 Å². The third-order valence-corrected chi connectivity index (χ3v) is 6.92. The van der Waals surface area contributed by atoms with Gasteiger partial charge in [0.2, 0.25) is 21.8 Å². The molecule has 2 amide bonds. The van der Waals surface area contributed by atoms with E-state index in [9.17, 15) is 22.4 Å². The molecule has 2 rings (SSSR count). The number of rotatable bonds is 11. The van der Waals surface area contributed by atoms with Crippen molar-refractivity contribution in [2.75, 3.05) is 17.1 Å². The van der Waals surface area contributed by atoms with E-state index in [1.807, 2.05) is 20.8 Å². The van der Waals surface area contributed by atoms with Gasteiger partial charge in [0.05, 0.1) is 11.9 Å². The molecule has 2 aromatic rings. The van der Waals surface area contributed by atoms with Gasteiger partial charge in [-0.3, -0.25) is 13.9 Å². The first-order valence-electron chi connectivity index (χ1n) is 11.4. The van der Waals surface area contributed by atoms with E-state index in [2.05, 4.69) is 5.32 Å². The molecule has 0 fully saturated rings. The average molecular weight is 492 g/mol. The van der Waals surface area contributed by atoms with Crippen molar-refractivity contribution in [3.05, 3.63) is 65.5 Å². The van der Waals surface area contributed by atoms with Crippen LogP contribution < -0.4 is 9.62 Å². The van der Waals surface area contributed by atoms with E-state index >= 15 is 0 Å². The second-order valence-electron chi connectivity index (χ2n) is 8.40. The van der Waals surface area contributed by atoms with Gasteiger partial charge in [0.15, 0.2) is 0 Å². The predicted molar refractivity (Wildman–Crippen MR) is 132 cm³/mol. The molecular formula is C25H34FN3O4S. The normalized spacial score (nSPS) is 13.1. The summed E-state index contributed by atoms with van der Waals surface area (Å²) in [6, 6.07) is 11.8. The molecule has 1 N–H and O–H groups in total. The molecule has 34 heavy (non-hydrogen) atoms. The van der Waals surface area contributed by atoms with Crippen LogP contribution >= 0.6 is 0 Å². The van der Waals surface area contributed by atoms with Gasteiger partial charge in [-0.25, -0.2) is 12.8 Å². The molecule has 0 saturated heterocycles. The summed E-state index contributed by atoms with van der Waals surface area (Å²) >= 11 is 0. The summed E-state index contributed by atoms with van der Waals surface area (Å²) in [6.45, 7) is 6.62. The molecule has 9 heteroatoms. The largest absolute Gasteiger partial charge is 0.352 e. The zero-order valence-corrected chi connectivity index (χ0v) is 21.2. The van der Waals surface area contributed by atoms with Gasteiger partial charge in [0.25, 0.3) is 0 Å². The Balaban J connectivity index is 2.39. The van der Waals surface area contributed by atoms with Crippen molar-refractivity contribution in [2.24, 2.45) is 0 Å². The number of amides is 2. The Hall–Kier alpha value is -2.94. The molecule has 0 heterocycles. The molecule has 7 nitrogen and oxygen atoms in total. The number of sulfonamides is 1. The number of hydrogen-bond donors (Lipinski definition) is 1. The molecular weight excluding hydrogens is 457 g/mol. The number of aryl methyl sites for hydroxylation is 1. The fourth-order valence-corrected chi connectivity index (χ4v) is 4.22. The van der Waals surface area contributed by atoms with Crippen LogP contribution in [0.5, 0.6) is 0 Å². The van der Waals surface area contributed by atoms with Crippen molar-refractivity contribution >= 4 is 27.5 Å². The number of halogens is 1. The van der Waals surface area contributed by atoms with E-state index in [1.54, 1.807) is 37.3 Å². The van der Waals surface area contributed by atoms with Crippen LogP contribution in [0.3, 0.4) is 0 Å². The molecule has 0 aliphatic rings.